The molecule has 0 aromatic carbocycles. The zero-order valence-corrected chi connectivity index (χ0v) is 9.03. The summed E-state index contributed by atoms with van der Waals surface area (Å²) in [5.74, 6) is -0.0423. The van der Waals surface area contributed by atoms with Crippen molar-refractivity contribution in [3.05, 3.63) is 0 Å². The van der Waals surface area contributed by atoms with Crippen LogP contribution in [0.1, 0.15) is 20.3 Å². The Morgan fingerprint density at radius 3 is 2.36 bits per heavy atom. The molecule has 0 aromatic heterocycles. The number of nitrogens with zero attached hydrogens (tertiary/aromatic N) is 3. The van der Waals surface area contributed by atoms with Crippen LogP contribution in [0.3, 0.4) is 0 Å². The predicted octanol–water partition coefficient (Wildman–Crippen LogP) is 0.451. The Hall–Kier alpha value is -1.08. The van der Waals surface area contributed by atoms with Crippen LogP contribution < -0.4 is 0 Å². The molecule has 1 amide bonds. The molecule has 1 heterocycles. The second-order valence-corrected chi connectivity index (χ2v) is 4.00. The lowest BCUT2D eigenvalue weighted by atomic mass is 10.1. The SMILES string of the molecule is CC1CN(C(=O)CC#N)CC(C)N1C. The van der Waals surface area contributed by atoms with E-state index in [4.69, 9.17) is 5.26 Å². The van der Waals surface area contributed by atoms with Gasteiger partial charge in [0.15, 0.2) is 0 Å². The molecule has 4 nitrogen and oxygen atoms in total. The first-order chi connectivity index (χ1) is 6.56. The van der Waals surface area contributed by atoms with Crippen LogP contribution >= 0.6 is 0 Å². The van der Waals surface area contributed by atoms with E-state index in [1.165, 1.54) is 0 Å². The molecule has 0 spiro atoms. The molecule has 4 heteroatoms. The summed E-state index contributed by atoms with van der Waals surface area (Å²) < 4.78 is 0. The number of rotatable bonds is 1. The van der Waals surface area contributed by atoms with Crippen LogP contribution in [0, 0.1) is 11.3 Å². The van der Waals surface area contributed by atoms with E-state index in [1.54, 1.807) is 4.90 Å². The molecule has 0 aromatic rings. The zero-order chi connectivity index (χ0) is 10.7. The van der Waals surface area contributed by atoms with Crippen LogP contribution in [0.5, 0.6) is 0 Å². The van der Waals surface area contributed by atoms with Crippen molar-refractivity contribution in [2.24, 2.45) is 0 Å². The number of piperazine rings is 1. The minimum atomic E-state index is -0.0423. The lowest BCUT2D eigenvalue weighted by Crippen LogP contribution is -2.56. The zero-order valence-electron chi connectivity index (χ0n) is 9.03. The first kappa shape index (κ1) is 11.0. The molecule has 1 aliphatic rings. The second kappa shape index (κ2) is 4.43. The van der Waals surface area contributed by atoms with Gasteiger partial charge in [-0.05, 0) is 20.9 Å². The van der Waals surface area contributed by atoms with E-state index in [2.05, 4.69) is 25.8 Å². The first-order valence-corrected chi connectivity index (χ1v) is 4.93. The summed E-state index contributed by atoms with van der Waals surface area (Å²) in [6.45, 7) is 5.67. The van der Waals surface area contributed by atoms with Crippen molar-refractivity contribution in [3.63, 3.8) is 0 Å². The van der Waals surface area contributed by atoms with Crippen LogP contribution in [0.4, 0.5) is 0 Å². The smallest absolute Gasteiger partial charge is 0.236 e. The van der Waals surface area contributed by atoms with E-state index >= 15 is 0 Å². The average molecular weight is 195 g/mol. The summed E-state index contributed by atoms with van der Waals surface area (Å²) in [4.78, 5) is 15.5. The van der Waals surface area contributed by atoms with Crippen molar-refractivity contribution in [3.8, 4) is 6.07 Å². The number of nitriles is 1. The van der Waals surface area contributed by atoms with E-state index in [0.29, 0.717) is 12.1 Å². The lowest BCUT2D eigenvalue weighted by Gasteiger charge is -2.42. The van der Waals surface area contributed by atoms with Gasteiger partial charge in [-0.1, -0.05) is 0 Å². The van der Waals surface area contributed by atoms with Gasteiger partial charge in [-0.25, -0.2) is 0 Å². The standard InChI is InChI=1S/C10H17N3O/c1-8-6-13(10(14)4-5-11)7-9(2)12(8)3/h8-9H,4,6-7H2,1-3H3. The van der Waals surface area contributed by atoms with Crippen LogP contribution in [0.2, 0.25) is 0 Å². The van der Waals surface area contributed by atoms with E-state index < -0.39 is 0 Å². The fraction of sp³-hybridized carbons (Fsp3) is 0.800. The van der Waals surface area contributed by atoms with Gasteiger partial charge in [-0.15, -0.1) is 0 Å². The Labute approximate surface area is 85.1 Å². The molecular formula is C10H17N3O. The molecule has 2 unspecified atom stereocenters. The van der Waals surface area contributed by atoms with Crippen molar-refractivity contribution in [1.29, 1.82) is 5.26 Å². The highest BCUT2D eigenvalue weighted by molar-refractivity contribution is 5.78. The van der Waals surface area contributed by atoms with Crippen LogP contribution in [0.15, 0.2) is 0 Å². The first-order valence-electron chi connectivity index (χ1n) is 4.93. The maximum Gasteiger partial charge on any atom is 0.236 e. The van der Waals surface area contributed by atoms with Crippen LogP contribution in [-0.2, 0) is 4.79 Å². The van der Waals surface area contributed by atoms with Crippen molar-refractivity contribution in [2.45, 2.75) is 32.4 Å². The molecule has 2 atom stereocenters. The summed E-state index contributed by atoms with van der Waals surface area (Å²) >= 11 is 0. The molecule has 0 bridgehead atoms. The molecule has 78 valence electrons. The number of likely N-dealkylation sites (N-methyl/N-ethyl adjacent to an activating group) is 1. The highest BCUT2D eigenvalue weighted by Gasteiger charge is 2.28. The fourth-order valence-electron chi connectivity index (χ4n) is 1.79. The third kappa shape index (κ3) is 2.24. The van der Waals surface area contributed by atoms with Gasteiger partial charge in [0.05, 0.1) is 6.07 Å². The third-order valence-electron chi connectivity index (χ3n) is 2.94. The molecule has 0 radical (unpaired) electrons. The normalized spacial score (nSPS) is 28.6. The number of hydrogen-bond acceptors (Lipinski definition) is 3. The summed E-state index contributed by atoms with van der Waals surface area (Å²) in [6, 6.07) is 2.65. The van der Waals surface area contributed by atoms with Gasteiger partial charge < -0.3 is 4.90 Å². The number of carbonyl (C=O) groups excluding carboxylic acids is 1. The van der Waals surface area contributed by atoms with E-state index in [9.17, 15) is 4.79 Å². The van der Waals surface area contributed by atoms with Crippen molar-refractivity contribution in [2.75, 3.05) is 20.1 Å². The molecule has 1 aliphatic heterocycles. The van der Waals surface area contributed by atoms with Crippen LogP contribution in [0.25, 0.3) is 0 Å². The van der Waals surface area contributed by atoms with Crippen molar-refractivity contribution < 1.29 is 4.79 Å². The minimum absolute atomic E-state index is 0.00313. The number of amides is 1. The molecule has 1 saturated heterocycles. The molecular weight excluding hydrogens is 178 g/mol. The van der Waals surface area contributed by atoms with Crippen molar-refractivity contribution in [1.82, 2.24) is 9.80 Å². The Morgan fingerprint density at radius 2 is 1.93 bits per heavy atom. The number of hydrogen-bond donors (Lipinski definition) is 0. The molecule has 1 rings (SSSR count). The molecule has 14 heavy (non-hydrogen) atoms. The van der Waals surface area contributed by atoms with Crippen LogP contribution in [-0.4, -0.2) is 47.9 Å². The maximum absolute atomic E-state index is 11.5. The topological polar surface area (TPSA) is 47.3 Å². The highest BCUT2D eigenvalue weighted by Crippen LogP contribution is 2.13. The fourth-order valence-corrected chi connectivity index (χ4v) is 1.79. The van der Waals surface area contributed by atoms with E-state index in [0.717, 1.165) is 13.1 Å². The minimum Gasteiger partial charge on any atom is -0.339 e. The maximum atomic E-state index is 11.5. The van der Waals surface area contributed by atoms with Gasteiger partial charge in [0.25, 0.3) is 0 Å². The molecule has 0 N–H and O–H groups in total. The highest BCUT2D eigenvalue weighted by atomic mass is 16.2. The van der Waals surface area contributed by atoms with Gasteiger partial charge >= 0.3 is 0 Å². The molecule has 1 fully saturated rings. The number of carbonyl (C=O) groups is 1. The lowest BCUT2D eigenvalue weighted by molar-refractivity contribution is -0.134. The monoisotopic (exact) mass is 195 g/mol. The largest absolute Gasteiger partial charge is 0.339 e. The van der Waals surface area contributed by atoms with Gasteiger partial charge in [-0.2, -0.15) is 5.26 Å². The van der Waals surface area contributed by atoms with Gasteiger partial charge in [0.1, 0.15) is 6.42 Å². The second-order valence-electron chi connectivity index (χ2n) is 4.00. The Kier molecular flexibility index (Phi) is 3.48. The average Bonchev–Trinajstić information content (AvgIpc) is 2.13. The van der Waals surface area contributed by atoms with E-state index in [1.807, 2.05) is 6.07 Å². The molecule has 0 aliphatic carbocycles. The third-order valence-corrected chi connectivity index (χ3v) is 2.94. The van der Waals surface area contributed by atoms with Gasteiger partial charge in [0, 0.05) is 25.2 Å². The summed E-state index contributed by atoms with van der Waals surface area (Å²) in [5.41, 5.74) is 0. The quantitative estimate of drug-likeness (QED) is 0.610. The Bertz CT molecular complexity index is 247. The Balaban J connectivity index is 2.58. The summed E-state index contributed by atoms with van der Waals surface area (Å²) in [6.07, 6.45) is 0.00313. The predicted molar refractivity (Wildman–Crippen MR) is 53.5 cm³/mol. The molecule has 0 saturated carbocycles. The van der Waals surface area contributed by atoms with Gasteiger partial charge in [-0.3, -0.25) is 9.69 Å². The van der Waals surface area contributed by atoms with E-state index in [-0.39, 0.29) is 12.3 Å². The summed E-state index contributed by atoms with van der Waals surface area (Å²) in [5, 5.41) is 8.44. The Morgan fingerprint density at radius 1 is 1.43 bits per heavy atom. The summed E-state index contributed by atoms with van der Waals surface area (Å²) in [7, 11) is 2.07. The van der Waals surface area contributed by atoms with Gasteiger partial charge in [0.2, 0.25) is 5.91 Å². The van der Waals surface area contributed by atoms with Crippen molar-refractivity contribution >= 4 is 5.91 Å².